The zero-order chi connectivity index (χ0) is 15.7. The third-order valence-corrected chi connectivity index (χ3v) is 4.68. The molecule has 2 heterocycles. The van der Waals surface area contributed by atoms with Gasteiger partial charge in [0.1, 0.15) is 0 Å². The molecule has 3 rings (SSSR count). The molecule has 0 spiro atoms. The second-order valence-electron chi connectivity index (χ2n) is 5.12. The molecular weight excluding hydrogens is 322 g/mol. The lowest BCUT2D eigenvalue weighted by molar-refractivity contribution is -0.116. The van der Waals surface area contributed by atoms with Crippen molar-refractivity contribution in [3.63, 3.8) is 0 Å². The van der Waals surface area contributed by atoms with Gasteiger partial charge in [0.15, 0.2) is 5.16 Å². The molecule has 0 saturated heterocycles. The topological polar surface area (TPSA) is 64.0 Å². The van der Waals surface area contributed by atoms with E-state index < -0.39 is 0 Å². The van der Waals surface area contributed by atoms with Gasteiger partial charge in [-0.3, -0.25) is 14.2 Å². The van der Waals surface area contributed by atoms with Crippen LogP contribution < -0.4 is 10.9 Å². The van der Waals surface area contributed by atoms with Crippen LogP contribution in [-0.2, 0) is 4.79 Å². The zero-order valence-corrected chi connectivity index (χ0v) is 13.4. The number of aryl methyl sites for hydroxylation is 1. The Balaban J connectivity index is 1.73. The predicted molar refractivity (Wildman–Crippen MR) is 87.7 cm³/mol. The zero-order valence-electron chi connectivity index (χ0n) is 11.9. The molecule has 1 aliphatic rings. The minimum absolute atomic E-state index is 0.104. The summed E-state index contributed by atoms with van der Waals surface area (Å²) in [6.45, 7) is 1.79. The number of benzene rings is 1. The van der Waals surface area contributed by atoms with E-state index in [-0.39, 0.29) is 23.9 Å². The predicted octanol–water partition coefficient (Wildman–Crippen LogP) is 2.88. The Kier molecular flexibility index (Phi) is 4.22. The fourth-order valence-corrected chi connectivity index (χ4v) is 3.79. The van der Waals surface area contributed by atoms with E-state index in [0.717, 1.165) is 0 Å². The van der Waals surface area contributed by atoms with Gasteiger partial charge in [-0.15, -0.1) is 0 Å². The van der Waals surface area contributed by atoms with Gasteiger partial charge in [-0.1, -0.05) is 29.4 Å². The molecule has 7 heteroatoms. The van der Waals surface area contributed by atoms with Crippen molar-refractivity contribution in [1.82, 2.24) is 9.55 Å². The maximum Gasteiger partial charge on any atom is 0.254 e. The van der Waals surface area contributed by atoms with Crippen LogP contribution in [0.4, 0.5) is 5.69 Å². The molecule has 1 aliphatic heterocycles. The largest absolute Gasteiger partial charge is 0.326 e. The van der Waals surface area contributed by atoms with Crippen LogP contribution >= 0.6 is 23.4 Å². The third-order valence-electron chi connectivity index (χ3n) is 3.35. The number of rotatable bonds is 3. The van der Waals surface area contributed by atoms with Crippen LogP contribution in [-0.4, -0.2) is 21.2 Å². The number of thioether (sulfide) groups is 1. The number of carbonyl (C=O) groups is 1. The summed E-state index contributed by atoms with van der Waals surface area (Å²) in [5, 5.41) is 4.05. The van der Waals surface area contributed by atoms with Crippen molar-refractivity contribution in [1.29, 1.82) is 0 Å². The molecule has 1 aromatic carbocycles. The van der Waals surface area contributed by atoms with Crippen molar-refractivity contribution in [2.75, 3.05) is 11.1 Å². The fraction of sp³-hybridized carbons (Fsp3) is 0.267. The van der Waals surface area contributed by atoms with E-state index in [4.69, 9.17) is 11.6 Å². The van der Waals surface area contributed by atoms with Crippen LogP contribution in [0.2, 0.25) is 5.02 Å². The first-order valence-corrected chi connectivity index (χ1v) is 8.17. The monoisotopic (exact) mass is 335 g/mol. The molecule has 0 bridgehead atoms. The van der Waals surface area contributed by atoms with Gasteiger partial charge in [-0.05, 0) is 25.1 Å². The molecule has 1 N–H and O–H groups in total. The molecule has 22 heavy (non-hydrogen) atoms. The van der Waals surface area contributed by atoms with Gasteiger partial charge >= 0.3 is 0 Å². The second-order valence-corrected chi connectivity index (χ2v) is 6.54. The summed E-state index contributed by atoms with van der Waals surface area (Å²) in [4.78, 5) is 28.6. The fourth-order valence-electron chi connectivity index (χ4n) is 2.41. The summed E-state index contributed by atoms with van der Waals surface area (Å²) < 4.78 is 1.61. The van der Waals surface area contributed by atoms with Gasteiger partial charge in [-0.2, -0.15) is 0 Å². The van der Waals surface area contributed by atoms with Crippen molar-refractivity contribution in [2.45, 2.75) is 24.5 Å². The van der Waals surface area contributed by atoms with Crippen LogP contribution in [0.25, 0.3) is 0 Å². The quantitative estimate of drug-likeness (QED) is 0.876. The molecule has 2 aromatic rings. The van der Waals surface area contributed by atoms with E-state index >= 15 is 0 Å². The first-order chi connectivity index (χ1) is 10.5. The number of amides is 1. The Hall–Kier alpha value is -1.79. The van der Waals surface area contributed by atoms with E-state index in [1.807, 2.05) is 0 Å². The Bertz CT molecular complexity index is 791. The van der Waals surface area contributed by atoms with Crippen LogP contribution in [0.15, 0.2) is 40.3 Å². The van der Waals surface area contributed by atoms with Gasteiger partial charge < -0.3 is 5.32 Å². The number of carbonyl (C=O) groups excluding carboxylic acids is 1. The average molecular weight is 336 g/mol. The molecule has 1 atom stereocenters. The molecular formula is C15H14ClN3O2S. The second kappa shape index (κ2) is 6.14. The van der Waals surface area contributed by atoms with Gasteiger partial charge in [-0.25, -0.2) is 4.98 Å². The summed E-state index contributed by atoms with van der Waals surface area (Å²) in [5.74, 6) is 0.530. The summed E-state index contributed by atoms with van der Waals surface area (Å²) in [7, 11) is 0. The molecule has 1 amide bonds. The summed E-state index contributed by atoms with van der Waals surface area (Å²) in [5.41, 5.74) is 1.25. The molecule has 1 unspecified atom stereocenters. The van der Waals surface area contributed by atoms with Crippen molar-refractivity contribution >= 4 is 35.0 Å². The Labute approximate surface area is 136 Å². The highest BCUT2D eigenvalue weighted by atomic mass is 35.5. The highest BCUT2D eigenvalue weighted by Gasteiger charge is 2.27. The molecule has 114 valence electrons. The van der Waals surface area contributed by atoms with Crippen molar-refractivity contribution in [2.24, 2.45) is 0 Å². The third kappa shape index (κ3) is 3.18. The maximum absolute atomic E-state index is 12.2. The smallest absolute Gasteiger partial charge is 0.254 e. The molecule has 0 radical (unpaired) electrons. The van der Waals surface area contributed by atoms with E-state index in [0.29, 0.717) is 27.3 Å². The summed E-state index contributed by atoms with van der Waals surface area (Å²) in [6, 6.07) is 8.31. The lowest BCUT2D eigenvalue weighted by Gasteiger charge is -2.13. The van der Waals surface area contributed by atoms with Crippen LogP contribution in [0, 0.1) is 6.92 Å². The molecule has 0 fully saturated rings. The number of hydrogen-bond acceptors (Lipinski definition) is 4. The number of nitrogens with one attached hydrogen (secondary N) is 1. The number of fused-ring (bicyclic) bond motifs is 1. The van der Waals surface area contributed by atoms with Crippen LogP contribution in [0.1, 0.15) is 18.2 Å². The molecule has 5 nitrogen and oxygen atoms in total. The maximum atomic E-state index is 12.2. The molecule has 0 saturated carbocycles. The van der Waals surface area contributed by atoms with Crippen molar-refractivity contribution in [3.05, 3.63) is 51.4 Å². The lowest BCUT2D eigenvalue weighted by Crippen LogP contribution is -2.27. The SMILES string of the molecule is Cc1cc(=O)n2c(n1)SCC2CC(=O)Nc1cccc(Cl)c1. The first kappa shape index (κ1) is 15.1. The molecule has 1 aromatic heterocycles. The molecule has 0 aliphatic carbocycles. The number of anilines is 1. The van der Waals surface area contributed by atoms with Gasteiger partial charge in [0, 0.05) is 34.6 Å². The Morgan fingerprint density at radius 3 is 3.09 bits per heavy atom. The number of hydrogen-bond donors (Lipinski definition) is 1. The number of nitrogens with zero attached hydrogens (tertiary/aromatic N) is 2. The first-order valence-electron chi connectivity index (χ1n) is 6.81. The minimum Gasteiger partial charge on any atom is -0.326 e. The van der Waals surface area contributed by atoms with Crippen molar-refractivity contribution < 1.29 is 4.79 Å². The number of aromatic nitrogens is 2. The Morgan fingerprint density at radius 1 is 1.50 bits per heavy atom. The normalized spacial score (nSPS) is 16.4. The van der Waals surface area contributed by atoms with E-state index in [1.54, 1.807) is 35.8 Å². The van der Waals surface area contributed by atoms with Crippen molar-refractivity contribution in [3.8, 4) is 0 Å². The van der Waals surface area contributed by atoms with E-state index in [2.05, 4.69) is 10.3 Å². The Morgan fingerprint density at radius 2 is 2.32 bits per heavy atom. The van der Waals surface area contributed by atoms with E-state index in [1.165, 1.54) is 17.8 Å². The highest BCUT2D eigenvalue weighted by Crippen LogP contribution is 2.32. The minimum atomic E-state index is -0.167. The summed E-state index contributed by atoms with van der Waals surface area (Å²) >= 11 is 7.40. The summed E-state index contributed by atoms with van der Waals surface area (Å²) in [6.07, 6.45) is 0.233. The van der Waals surface area contributed by atoms with E-state index in [9.17, 15) is 9.59 Å². The highest BCUT2D eigenvalue weighted by molar-refractivity contribution is 7.99. The average Bonchev–Trinajstić information content (AvgIpc) is 2.81. The lowest BCUT2D eigenvalue weighted by atomic mass is 10.2. The van der Waals surface area contributed by atoms with Crippen LogP contribution in [0.5, 0.6) is 0 Å². The number of halogens is 1. The van der Waals surface area contributed by atoms with Gasteiger partial charge in [0.2, 0.25) is 5.91 Å². The van der Waals surface area contributed by atoms with Gasteiger partial charge in [0.05, 0.1) is 6.04 Å². The standard InChI is InChI=1S/C15H14ClN3O2S/c1-9-5-14(21)19-12(8-22-15(19)17-9)7-13(20)18-11-4-2-3-10(16)6-11/h2-6,12H,7-8H2,1H3,(H,18,20). The van der Waals surface area contributed by atoms with Crippen LogP contribution in [0.3, 0.4) is 0 Å². The van der Waals surface area contributed by atoms with Gasteiger partial charge in [0.25, 0.3) is 5.56 Å².